The Hall–Kier alpha value is -2.72. The summed E-state index contributed by atoms with van der Waals surface area (Å²) in [4.78, 5) is 25.9. The first-order valence-electron chi connectivity index (χ1n) is 12.7. The first kappa shape index (κ1) is 25.0. The molecule has 4 aliphatic rings. The van der Waals surface area contributed by atoms with Crippen LogP contribution in [-0.2, 0) is 23.7 Å². The van der Waals surface area contributed by atoms with Crippen LogP contribution in [0.15, 0.2) is 42.2 Å². The minimum absolute atomic E-state index is 0.0801. The molecule has 1 aliphatic heterocycles. The second kappa shape index (κ2) is 10.7. The fraction of sp³-hybridized carbons (Fsp3) is 0.556. The van der Waals surface area contributed by atoms with Crippen LogP contribution in [0.1, 0.15) is 48.0 Å². The van der Waals surface area contributed by atoms with Gasteiger partial charge in [0.05, 0.1) is 25.0 Å². The highest BCUT2D eigenvalue weighted by molar-refractivity contribution is 5.94. The van der Waals surface area contributed by atoms with Crippen molar-refractivity contribution in [3.8, 4) is 0 Å². The third-order valence-corrected chi connectivity index (χ3v) is 7.05. The largest absolute Gasteiger partial charge is 0.499 e. The van der Waals surface area contributed by atoms with E-state index in [2.05, 4.69) is 5.32 Å². The maximum absolute atomic E-state index is 13.2. The number of nitrogens with one attached hydrogen (secondary N) is 1. The molecule has 1 aromatic rings. The van der Waals surface area contributed by atoms with E-state index in [1.807, 2.05) is 6.07 Å². The summed E-state index contributed by atoms with van der Waals surface area (Å²) in [6.45, 7) is 0.0899. The van der Waals surface area contributed by atoms with E-state index in [1.165, 1.54) is 6.26 Å². The van der Waals surface area contributed by atoms with Gasteiger partial charge in [-0.2, -0.15) is 0 Å². The summed E-state index contributed by atoms with van der Waals surface area (Å²) >= 11 is 0. The molecule has 0 spiro atoms. The molecule has 0 radical (unpaired) electrons. The van der Waals surface area contributed by atoms with E-state index in [0.29, 0.717) is 23.0 Å². The lowest BCUT2D eigenvalue weighted by Gasteiger charge is -2.31. The van der Waals surface area contributed by atoms with Crippen molar-refractivity contribution in [1.29, 1.82) is 0 Å². The number of amides is 1. The Kier molecular flexibility index (Phi) is 7.43. The summed E-state index contributed by atoms with van der Waals surface area (Å²) in [6.07, 6.45) is 7.72. The summed E-state index contributed by atoms with van der Waals surface area (Å²) in [5.41, 5.74) is 1.58. The number of aliphatic hydroxyl groups is 2. The van der Waals surface area contributed by atoms with Crippen molar-refractivity contribution in [3.63, 3.8) is 0 Å². The molecule has 1 amide bonds. The van der Waals surface area contributed by atoms with Crippen LogP contribution in [0.3, 0.4) is 0 Å². The number of hydrogen-bond donors (Lipinski definition) is 3. The van der Waals surface area contributed by atoms with Gasteiger partial charge in [0.25, 0.3) is 0 Å². The van der Waals surface area contributed by atoms with Crippen LogP contribution in [0.25, 0.3) is 6.08 Å². The van der Waals surface area contributed by atoms with Crippen molar-refractivity contribution in [2.75, 3.05) is 26.4 Å². The number of carbonyl (C=O) groups is 2. The molecule has 1 heterocycles. The molecule has 1 aromatic carbocycles. The fourth-order valence-corrected chi connectivity index (χ4v) is 5.07. The van der Waals surface area contributed by atoms with E-state index >= 15 is 0 Å². The standard InChI is InChI=1S/C27H33NO8/c29-10-9-28-25(31)19-15-22(24-23(16-19)35-27(36-24,20-4-5-20)21-6-7-21)34-26(32)18-3-1-2-17(14-18)8-12-33-13-11-30/h1-3,8,12,14,16,20-24,29-30H,4-7,9-11,13,15H2,(H,28,31)/t22-,23-,24+/m1/s1. The minimum Gasteiger partial charge on any atom is -0.499 e. The Morgan fingerprint density at radius 3 is 2.58 bits per heavy atom. The first-order chi connectivity index (χ1) is 17.5. The zero-order chi connectivity index (χ0) is 25.1. The van der Waals surface area contributed by atoms with Crippen LogP contribution in [0.4, 0.5) is 0 Å². The number of esters is 1. The van der Waals surface area contributed by atoms with Gasteiger partial charge in [-0.1, -0.05) is 12.1 Å². The number of ether oxygens (including phenoxy) is 4. The molecule has 0 unspecified atom stereocenters. The second-order valence-corrected chi connectivity index (χ2v) is 9.78. The predicted octanol–water partition coefficient (Wildman–Crippen LogP) is 1.93. The third-order valence-electron chi connectivity index (χ3n) is 7.05. The van der Waals surface area contributed by atoms with E-state index in [9.17, 15) is 9.59 Å². The van der Waals surface area contributed by atoms with Gasteiger partial charge in [0.1, 0.15) is 24.9 Å². The number of aliphatic hydroxyl groups excluding tert-OH is 2. The van der Waals surface area contributed by atoms with Gasteiger partial charge in [-0.25, -0.2) is 4.79 Å². The summed E-state index contributed by atoms with van der Waals surface area (Å²) in [7, 11) is 0. The zero-order valence-corrected chi connectivity index (χ0v) is 20.1. The molecular weight excluding hydrogens is 466 g/mol. The average Bonchev–Trinajstić information content (AvgIpc) is 3.82. The second-order valence-electron chi connectivity index (χ2n) is 9.78. The summed E-state index contributed by atoms with van der Waals surface area (Å²) in [5, 5.41) is 20.6. The molecule has 3 atom stereocenters. The highest BCUT2D eigenvalue weighted by Crippen LogP contribution is 2.59. The van der Waals surface area contributed by atoms with Crippen molar-refractivity contribution >= 4 is 18.0 Å². The van der Waals surface area contributed by atoms with Crippen molar-refractivity contribution in [3.05, 3.63) is 53.3 Å². The van der Waals surface area contributed by atoms with E-state index in [-0.39, 0.29) is 38.7 Å². The van der Waals surface area contributed by atoms with Crippen LogP contribution in [0.2, 0.25) is 0 Å². The molecule has 2 saturated carbocycles. The van der Waals surface area contributed by atoms with E-state index in [4.69, 9.17) is 29.2 Å². The van der Waals surface area contributed by atoms with Crippen molar-refractivity contribution in [1.82, 2.24) is 5.32 Å². The number of rotatable bonds is 11. The summed E-state index contributed by atoms with van der Waals surface area (Å²) < 4.78 is 24.2. The Morgan fingerprint density at radius 1 is 1.11 bits per heavy atom. The normalized spacial score (nSPS) is 26.8. The van der Waals surface area contributed by atoms with Crippen LogP contribution >= 0.6 is 0 Å². The molecule has 3 N–H and O–H groups in total. The van der Waals surface area contributed by atoms with Crippen LogP contribution in [0.5, 0.6) is 0 Å². The summed E-state index contributed by atoms with van der Waals surface area (Å²) in [6, 6.07) is 6.94. The van der Waals surface area contributed by atoms with Gasteiger partial charge in [0, 0.05) is 30.4 Å². The quantitative estimate of drug-likeness (QED) is 0.240. The monoisotopic (exact) mass is 499 g/mol. The maximum atomic E-state index is 13.2. The van der Waals surface area contributed by atoms with Crippen LogP contribution in [0, 0.1) is 11.8 Å². The van der Waals surface area contributed by atoms with Gasteiger partial charge in [-0.3, -0.25) is 4.79 Å². The lowest BCUT2D eigenvalue weighted by atomic mass is 9.91. The van der Waals surface area contributed by atoms with Gasteiger partial charge >= 0.3 is 5.97 Å². The van der Waals surface area contributed by atoms with Crippen molar-refractivity contribution in [2.24, 2.45) is 11.8 Å². The van der Waals surface area contributed by atoms with Crippen molar-refractivity contribution in [2.45, 2.75) is 56.2 Å². The van der Waals surface area contributed by atoms with E-state index < -0.39 is 30.1 Å². The summed E-state index contributed by atoms with van der Waals surface area (Å²) in [5.74, 6) is -0.807. The average molecular weight is 500 g/mol. The molecule has 36 heavy (non-hydrogen) atoms. The molecule has 5 rings (SSSR count). The molecule has 0 bridgehead atoms. The van der Waals surface area contributed by atoms with Gasteiger partial charge in [0.2, 0.25) is 5.91 Å². The SMILES string of the molecule is O=C(NCCO)C1=C[C@H]2OC(C3CC3)(C3CC3)O[C@H]2[C@H](OC(=O)c2cccc(C=COCCO)c2)C1. The van der Waals surface area contributed by atoms with Crippen LogP contribution in [-0.4, -0.2) is 72.6 Å². The molecule has 1 saturated heterocycles. The Labute approximate surface area is 210 Å². The first-order valence-corrected chi connectivity index (χ1v) is 12.7. The molecule has 9 heteroatoms. The molecule has 194 valence electrons. The predicted molar refractivity (Wildman–Crippen MR) is 128 cm³/mol. The van der Waals surface area contributed by atoms with Crippen LogP contribution < -0.4 is 5.32 Å². The van der Waals surface area contributed by atoms with Crippen molar-refractivity contribution < 1.29 is 38.7 Å². The lowest BCUT2D eigenvalue weighted by molar-refractivity contribution is -0.209. The maximum Gasteiger partial charge on any atom is 0.338 e. The van der Waals surface area contributed by atoms with Gasteiger partial charge < -0.3 is 34.5 Å². The topological polar surface area (TPSA) is 124 Å². The number of carbonyl (C=O) groups excluding carboxylic acids is 2. The zero-order valence-electron chi connectivity index (χ0n) is 20.1. The number of fused-ring (bicyclic) bond motifs is 1. The molecule has 0 aromatic heterocycles. The minimum atomic E-state index is -0.686. The molecule has 3 fully saturated rings. The number of benzene rings is 1. The Morgan fingerprint density at radius 2 is 1.89 bits per heavy atom. The number of hydrogen-bond acceptors (Lipinski definition) is 8. The van der Waals surface area contributed by atoms with Gasteiger partial charge in [-0.05, 0) is 55.5 Å². The Balaban J connectivity index is 1.34. The lowest BCUT2D eigenvalue weighted by Crippen LogP contribution is -2.44. The van der Waals surface area contributed by atoms with Gasteiger partial charge in [0.15, 0.2) is 5.79 Å². The highest BCUT2D eigenvalue weighted by Gasteiger charge is 2.64. The van der Waals surface area contributed by atoms with E-state index in [1.54, 1.807) is 30.4 Å². The molecular formula is C27H33NO8. The highest BCUT2D eigenvalue weighted by atomic mass is 16.8. The fourth-order valence-electron chi connectivity index (χ4n) is 5.07. The van der Waals surface area contributed by atoms with Gasteiger partial charge in [-0.15, -0.1) is 0 Å². The smallest absolute Gasteiger partial charge is 0.338 e. The van der Waals surface area contributed by atoms with E-state index in [0.717, 1.165) is 31.2 Å². The molecule has 3 aliphatic carbocycles. The third kappa shape index (κ3) is 5.34. The molecule has 9 nitrogen and oxygen atoms in total. The Bertz CT molecular complexity index is 1020.